The van der Waals surface area contributed by atoms with Gasteiger partial charge < -0.3 is 15.0 Å². The number of nitrogens with zero attached hydrogens (tertiary/aromatic N) is 3. The number of aryl methyl sites for hydroxylation is 1. The highest BCUT2D eigenvalue weighted by atomic mass is 32.2. The van der Waals surface area contributed by atoms with Crippen LogP contribution >= 0.6 is 0 Å². The molecule has 0 saturated heterocycles. The lowest BCUT2D eigenvalue weighted by molar-refractivity contribution is 0.599. The zero-order chi connectivity index (χ0) is 21.0. The number of hydrogen-bond donors (Lipinski definition) is 2. The first-order valence-corrected chi connectivity index (χ1v) is 11.1. The molecule has 2 heterocycles. The van der Waals surface area contributed by atoms with Crippen molar-refractivity contribution in [3.63, 3.8) is 0 Å². The van der Waals surface area contributed by atoms with Gasteiger partial charge in [-0.15, -0.1) is 0 Å². The molecule has 0 fully saturated rings. The van der Waals surface area contributed by atoms with E-state index in [0.29, 0.717) is 23.6 Å². The number of halogens is 1. The van der Waals surface area contributed by atoms with Crippen LogP contribution in [-0.2, 0) is 28.7 Å². The molecule has 0 aliphatic rings. The molecule has 2 aromatic heterocycles. The number of aromatic nitrogens is 2. The molecular weight excluding hydrogens is 393 g/mol. The van der Waals surface area contributed by atoms with Crippen molar-refractivity contribution in [2.45, 2.75) is 25.8 Å². The van der Waals surface area contributed by atoms with Gasteiger partial charge in [-0.25, -0.2) is 17.8 Å². The lowest BCUT2D eigenvalue weighted by Gasteiger charge is -2.14. The van der Waals surface area contributed by atoms with Crippen LogP contribution in [0, 0.1) is 12.7 Å². The monoisotopic (exact) mass is 417 g/mol. The Hall–Kier alpha value is -2.94. The first-order chi connectivity index (χ1) is 13.7. The van der Waals surface area contributed by atoms with Gasteiger partial charge in [0.1, 0.15) is 11.5 Å². The summed E-state index contributed by atoms with van der Waals surface area (Å²) in [5.41, 5.74) is 3.95. The zero-order valence-electron chi connectivity index (χ0n) is 16.6. The van der Waals surface area contributed by atoms with Crippen molar-refractivity contribution in [2.75, 3.05) is 13.3 Å². The van der Waals surface area contributed by atoms with E-state index in [-0.39, 0.29) is 12.3 Å². The molecule has 0 spiro atoms. The highest BCUT2D eigenvalue weighted by molar-refractivity contribution is 7.89. The van der Waals surface area contributed by atoms with Gasteiger partial charge in [0, 0.05) is 31.7 Å². The fourth-order valence-corrected chi connectivity index (χ4v) is 3.89. The predicted molar refractivity (Wildman–Crippen MR) is 112 cm³/mol. The fraction of sp³-hybridized carbons (Fsp3) is 0.300. The first-order valence-electron chi connectivity index (χ1n) is 9.08. The van der Waals surface area contributed by atoms with Crippen molar-refractivity contribution in [3.05, 3.63) is 70.9 Å². The number of rotatable bonds is 6. The van der Waals surface area contributed by atoms with Gasteiger partial charge in [0.05, 0.1) is 18.0 Å². The molecule has 0 aliphatic heterocycles. The topological polar surface area (TPSA) is 87.9 Å². The number of imidazole rings is 1. The molecule has 0 amide bonds. The summed E-state index contributed by atoms with van der Waals surface area (Å²) in [6.45, 7) is 2.71. The van der Waals surface area contributed by atoms with Gasteiger partial charge in [0.15, 0.2) is 15.8 Å². The summed E-state index contributed by atoms with van der Waals surface area (Å²) in [5, 5.41) is 6.27. The van der Waals surface area contributed by atoms with Crippen LogP contribution in [0.15, 0.2) is 47.6 Å². The highest BCUT2D eigenvalue weighted by Gasteiger charge is 2.11. The number of fused-ring (bicyclic) bond motifs is 1. The minimum absolute atomic E-state index is 0.142. The average molecular weight is 418 g/mol. The molecule has 0 unspecified atom stereocenters. The Labute approximate surface area is 169 Å². The first kappa shape index (κ1) is 20.8. The third kappa shape index (κ3) is 5.54. The van der Waals surface area contributed by atoms with Crippen molar-refractivity contribution >= 4 is 21.4 Å². The van der Waals surface area contributed by atoms with Gasteiger partial charge in [-0.1, -0.05) is 12.1 Å². The second-order valence-electron chi connectivity index (χ2n) is 6.89. The summed E-state index contributed by atoms with van der Waals surface area (Å²) in [6, 6.07) is 10.0. The van der Waals surface area contributed by atoms with Gasteiger partial charge in [0.25, 0.3) is 0 Å². The molecule has 2 N–H and O–H groups in total. The van der Waals surface area contributed by atoms with E-state index in [1.807, 2.05) is 35.7 Å². The summed E-state index contributed by atoms with van der Waals surface area (Å²) in [6.07, 6.45) is 3.12. The molecule has 7 nitrogen and oxygen atoms in total. The van der Waals surface area contributed by atoms with Crippen molar-refractivity contribution in [1.29, 1.82) is 0 Å². The third-order valence-electron chi connectivity index (χ3n) is 4.44. The number of benzene rings is 1. The van der Waals surface area contributed by atoms with Crippen LogP contribution < -0.4 is 10.6 Å². The quantitative estimate of drug-likeness (QED) is 0.474. The van der Waals surface area contributed by atoms with Crippen molar-refractivity contribution in [1.82, 2.24) is 20.0 Å². The Kier molecular flexibility index (Phi) is 6.17. The lowest BCUT2D eigenvalue weighted by Crippen LogP contribution is -2.36. The molecule has 0 aliphatic carbocycles. The lowest BCUT2D eigenvalue weighted by atomic mass is 10.1. The van der Waals surface area contributed by atoms with Gasteiger partial charge in [0.2, 0.25) is 0 Å². The Bertz CT molecular complexity index is 1150. The summed E-state index contributed by atoms with van der Waals surface area (Å²) in [4.78, 5) is 8.73. The van der Waals surface area contributed by atoms with Crippen molar-refractivity contribution in [3.8, 4) is 0 Å². The number of sulfone groups is 1. The molecule has 0 radical (unpaired) electrons. The Morgan fingerprint density at radius 2 is 1.93 bits per heavy atom. The predicted octanol–water partition coefficient (Wildman–Crippen LogP) is 2.19. The van der Waals surface area contributed by atoms with Crippen molar-refractivity contribution in [2.24, 2.45) is 4.99 Å². The van der Waals surface area contributed by atoms with Crippen LogP contribution in [0.2, 0.25) is 0 Å². The maximum absolute atomic E-state index is 13.7. The summed E-state index contributed by atoms with van der Waals surface area (Å²) >= 11 is 0. The minimum Gasteiger partial charge on any atom is -0.352 e. The maximum atomic E-state index is 13.7. The van der Waals surface area contributed by atoms with Crippen molar-refractivity contribution < 1.29 is 12.8 Å². The zero-order valence-corrected chi connectivity index (χ0v) is 17.4. The van der Waals surface area contributed by atoms with Gasteiger partial charge in [-0.2, -0.15) is 0 Å². The van der Waals surface area contributed by atoms with E-state index in [1.165, 1.54) is 18.2 Å². The Balaban J connectivity index is 1.66. The van der Waals surface area contributed by atoms with E-state index in [9.17, 15) is 12.8 Å². The SMILES string of the molecule is CN=C(NCc1cn2c(C)cccc2n1)NCc1cc(F)ccc1CS(C)(=O)=O. The number of pyridine rings is 1. The third-order valence-corrected chi connectivity index (χ3v) is 5.27. The number of guanidine groups is 1. The average Bonchev–Trinajstić information content (AvgIpc) is 3.07. The molecule has 3 aromatic rings. The smallest absolute Gasteiger partial charge is 0.191 e. The van der Waals surface area contributed by atoms with Crippen LogP contribution in [-0.4, -0.2) is 37.1 Å². The highest BCUT2D eigenvalue weighted by Crippen LogP contribution is 2.14. The van der Waals surface area contributed by atoms with Crippen LogP contribution in [0.1, 0.15) is 22.5 Å². The van der Waals surface area contributed by atoms with E-state index in [2.05, 4.69) is 20.6 Å². The molecule has 0 bridgehead atoms. The van der Waals surface area contributed by atoms with E-state index >= 15 is 0 Å². The number of hydrogen-bond acceptors (Lipinski definition) is 4. The van der Waals surface area contributed by atoms with Gasteiger partial charge in [-0.3, -0.25) is 4.99 Å². The molecule has 9 heteroatoms. The molecule has 0 atom stereocenters. The van der Waals surface area contributed by atoms with Crippen LogP contribution in [0.3, 0.4) is 0 Å². The molecule has 29 heavy (non-hydrogen) atoms. The molecule has 1 aromatic carbocycles. The molecule has 3 rings (SSSR count). The standard InChI is InChI=1S/C20H24FN5O2S/c1-14-5-4-6-19-25-18(12-26(14)19)11-24-20(22-2)23-10-16-9-17(21)8-7-15(16)13-29(3,27)28/h4-9,12H,10-11,13H2,1-3H3,(H2,22,23,24). The second kappa shape index (κ2) is 8.60. The minimum atomic E-state index is -3.23. The molecule has 154 valence electrons. The van der Waals surface area contributed by atoms with Crippen LogP contribution in [0.4, 0.5) is 4.39 Å². The van der Waals surface area contributed by atoms with E-state index in [1.54, 1.807) is 7.05 Å². The summed E-state index contributed by atoms with van der Waals surface area (Å²) in [7, 11) is -1.59. The van der Waals surface area contributed by atoms with Gasteiger partial charge in [-0.05, 0) is 42.3 Å². The van der Waals surface area contributed by atoms with E-state index in [0.717, 1.165) is 23.3 Å². The second-order valence-corrected chi connectivity index (χ2v) is 9.03. The molecule has 0 saturated carbocycles. The summed E-state index contributed by atoms with van der Waals surface area (Å²) in [5.74, 6) is -0.0490. The Morgan fingerprint density at radius 1 is 1.17 bits per heavy atom. The largest absolute Gasteiger partial charge is 0.352 e. The number of nitrogens with one attached hydrogen (secondary N) is 2. The Morgan fingerprint density at radius 3 is 2.62 bits per heavy atom. The molecular formula is C20H24FN5O2S. The fourth-order valence-electron chi connectivity index (χ4n) is 3.04. The normalized spacial score (nSPS) is 12.3. The number of aliphatic imine (C=N–C) groups is 1. The van der Waals surface area contributed by atoms with Gasteiger partial charge >= 0.3 is 0 Å². The summed E-state index contributed by atoms with van der Waals surface area (Å²) < 4.78 is 38.9. The van der Waals surface area contributed by atoms with Crippen LogP contribution in [0.5, 0.6) is 0 Å². The van der Waals surface area contributed by atoms with E-state index in [4.69, 9.17) is 0 Å². The maximum Gasteiger partial charge on any atom is 0.191 e. The van der Waals surface area contributed by atoms with Crippen LogP contribution in [0.25, 0.3) is 5.65 Å². The van der Waals surface area contributed by atoms with E-state index < -0.39 is 15.7 Å².